The molecule has 2 aromatic rings. The van der Waals surface area contributed by atoms with Gasteiger partial charge in [0.05, 0.1) is 11.4 Å². The van der Waals surface area contributed by atoms with Gasteiger partial charge in [0.2, 0.25) is 0 Å². The number of hydrogen-bond donors (Lipinski definition) is 1. The molecule has 1 N–H and O–H groups in total. The van der Waals surface area contributed by atoms with Gasteiger partial charge in [0.15, 0.2) is 0 Å². The van der Waals surface area contributed by atoms with Gasteiger partial charge < -0.3 is 15.1 Å². The second kappa shape index (κ2) is 9.13. The molecule has 0 saturated heterocycles. The van der Waals surface area contributed by atoms with Crippen molar-refractivity contribution in [3.63, 3.8) is 0 Å². The molecule has 3 rings (SSSR count). The molecule has 0 fully saturated rings. The fourth-order valence-corrected chi connectivity index (χ4v) is 5.27. The first-order valence-corrected chi connectivity index (χ1v) is 11.7. The zero-order valence-electron chi connectivity index (χ0n) is 18.4. The van der Waals surface area contributed by atoms with Crippen molar-refractivity contribution in [3.05, 3.63) is 35.4 Å². The smallest absolute Gasteiger partial charge is 0.0560 e. The van der Waals surface area contributed by atoms with E-state index in [2.05, 4.69) is 80.9 Å². The third-order valence-electron chi connectivity index (χ3n) is 5.83. The summed E-state index contributed by atoms with van der Waals surface area (Å²) in [4.78, 5) is 7.60. The Balaban J connectivity index is 2.09. The second-order valence-corrected chi connectivity index (χ2v) is 8.32. The molecule has 1 aliphatic heterocycles. The second-order valence-electron chi connectivity index (χ2n) is 7.23. The summed E-state index contributed by atoms with van der Waals surface area (Å²) < 4.78 is 0. The fraction of sp³-hybridized carbons (Fsp3) is 0.500. The van der Waals surface area contributed by atoms with E-state index >= 15 is 0 Å². The van der Waals surface area contributed by atoms with Gasteiger partial charge >= 0.3 is 0 Å². The lowest BCUT2D eigenvalue weighted by molar-refractivity contribution is 0.860. The Morgan fingerprint density at radius 2 is 1.04 bits per heavy atom. The summed E-state index contributed by atoms with van der Waals surface area (Å²) in [5.74, 6) is 0. The molecule has 0 spiro atoms. The van der Waals surface area contributed by atoms with Gasteiger partial charge in [-0.05, 0) is 75.9 Å². The van der Waals surface area contributed by atoms with E-state index in [0.29, 0.717) is 0 Å². The van der Waals surface area contributed by atoms with Crippen LogP contribution in [0.4, 0.5) is 22.7 Å². The molecule has 0 aliphatic carbocycles. The van der Waals surface area contributed by atoms with Crippen molar-refractivity contribution in [1.82, 2.24) is 0 Å². The summed E-state index contributed by atoms with van der Waals surface area (Å²) in [5.41, 5.74) is 8.12. The van der Waals surface area contributed by atoms with Gasteiger partial charge in [-0.1, -0.05) is 25.6 Å². The highest BCUT2D eigenvalue weighted by molar-refractivity contribution is 7.99. The van der Waals surface area contributed by atoms with Crippen LogP contribution in [0.5, 0.6) is 0 Å². The van der Waals surface area contributed by atoms with E-state index in [9.17, 15) is 0 Å². The van der Waals surface area contributed by atoms with Crippen LogP contribution in [0.3, 0.4) is 0 Å². The average Bonchev–Trinajstić information content (AvgIpc) is 2.73. The summed E-state index contributed by atoms with van der Waals surface area (Å²) in [7, 11) is 0. The van der Waals surface area contributed by atoms with Crippen LogP contribution < -0.4 is 15.1 Å². The number of nitrogens with zero attached hydrogens (tertiary/aromatic N) is 2. The molecule has 2 aromatic carbocycles. The Kier molecular flexibility index (Phi) is 6.82. The molecule has 152 valence electrons. The third-order valence-corrected chi connectivity index (χ3v) is 6.91. The van der Waals surface area contributed by atoms with Crippen LogP contribution in [0, 0.1) is 0 Å². The lowest BCUT2D eigenvalue weighted by atomic mass is 10.0. The van der Waals surface area contributed by atoms with Gasteiger partial charge in [0, 0.05) is 47.3 Å². The molecule has 0 atom stereocenters. The van der Waals surface area contributed by atoms with E-state index in [1.807, 2.05) is 11.8 Å². The van der Waals surface area contributed by atoms with Crippen molar-refractivity contribution in [2.45, 2.75) is 64.2 Å². The monoisotopic (exact) mass is 397 g/mol. The number of nitrogens with one attached hydrogen (secondary N) is 1. The van der Waals surface area contributed by atoms with Gasteiger partial charge in [-0.15, -0.1) is 0 Å². The van der Waals surface area contributed by atoms with Crippen LogP contribution in [0.25, 0.3) is 0 Å². The van der Waals surface area contributed by atoms with Crippen molar-refractivity contribution >= 4 is 34.5 Å². The Hall–Kier alpha value is -1.81. The van der Waals surface area contributed by atoms with Gasteiger partial charge in [0.25, 0.3) is 0 Å². The number of rotatable bonds is 8. The minimum absolute atomic E-state index is 1.04. The van der Waals surface area contributed by atoms with Crippen molar-refractivity contribution < 1.29 is 0 Å². The molecule has 1 heterocycles. The van der Waals surface area contributed by atoms with Crippen molar-refractivity contribution in [2.75, 3.05) is 41.3 Å². The SMILES string of the molecule is CCc1cc(N(CC)CC)cc2c1Nc1c(CC)cc(N(CC)CC)cc1S2. The quantitative estimate of drug-likeness (QED) is 0.455. The number of benzene rings is 2. The van der Waals surface area contributed by atoms with Crippen LogP contribution in [0.2, 0.25) is 0 Å². The molecule has 1 aliphatic rings. The normalized spacial score (nSPS) is 12.2. The lowest BCUT2D eigenvalue weighted by Gasteiger charge is -2.30. The molecular weight excluding hydrogens is 362 g/mol. The van der Waals surface area contributed by atoms with E-state index in [-0.39, 0.29) is 0 Å². The minimum atomic E-state index is 1.04. The molecule has 0 amide bonds. The predicted octanol–water partition coefficient (Wildman–Crippen LogP) is 6.71. The largest absolute Gasteiger partial charge is 0.372 e. The van der Waals surface area contributed by atoms with E-state index in [1.165, 1.54) is 43.7 Å². The molecular formula is C24H35N3S. The Bertz CT molecular complexity index is 756. The molecule has 0 aromatic heterocycles. The standard InChI is InChI=1S/C24H35N3S/c1-7-17-13-19(26(9-3)10-4)15-21-23(17)25-24-18(8-2)14-20(16-22(24)28-21)27(11-5)12-6/h13-16,25H,7-12H2,1-6H3. The maximum Gasteiger partial charge on any atom is 0.0560 e. The lowest BCUT2D eigenvalue weighted by Crippen LogP contribution is -2.23. The number of aryl methyl sites for hydroxylation is 2. The molecule has 3 nitrogen and oxygen atoms in total. The maximum absolute atomic E-state index is 3.83. The van der Waals surface area contributed by atoms with E-state index in [4.69, 9.17) is 0 Å². The first-order valence-electron chi connectivity index (χ1n) is 10.9. The van der Waals surface area contributed by atoms with E-state index in [1.54, 1.807) is 0 Å². The number of anilines is 4. The van der Waals surface area contributed by atoms with Crippen LogP contribution in [0.1, 0.15) is 52.7 Å². The summed E-state index contributed by atoms with van der Waals surface area (Å²) >= 11 is 1.93. The first-order chi connectivity index (χ1) is 13.6. The zero-order chi connectivity index (χ0) is 20.3. The van der Waals surface area contributed by atoms with Crippen molar-refractivity contribution in [3.8, 4) is 0 Å². The van der Waals surface area contributed by atoms with Gasteiger partial charge in [-0.25, -0.2) is 0 Å². The Morgan fingerprint density at radius 1 is 0.643 bits per heavy atom. The van der Waals surface area contributed by atoms with Crippen LogP contribution >= 0.6 is 11.8 Å². The third kappa shape index (κ3) is 3.84. The molecule has 0 radical (unpaired) electrons. The molecule has 0 unspecified atom stereocenters. The van der Waals surface area contributed by atoms with Gasteiger partial charge in [-0.3, -0.25) is 0 Å². The summed E-state index contributed by atoms with van der Waals surface area (Å²) in [5, 5.41) is 3.83. The average molecular weight is 398 g/mol. The summed E-state index contributed by atoms with van der Waals surface area (Å²) in [6, 6.07) is 9.50. The number of fused-ring (bicyclic) bond motifs is 2. The maximum atomic E-state index is 3.83. The van der Waals surface area contributed by atoms with Gasteiger partial charge in [0.1, 0.15) is 0 Å². The highest BCUT2D eigenvalue weighted by Crippen LogP contribution is 2.49. The van der Waals surface area contributed by atoms with E-state index in [0.717, 1.165) is 39.0 Å². The summed E-state index contributed by atoms with van der Waals surface area (Å²) in [6.45, 7) is 17.6. The summed E-state index contributed by atoms with van der Waals surface area (Å²) in [6.07, 6.45) is 2.08. The molecule has 0 bridgehead atoms. The first kappa shape index (κ1) is 20.9. The fourth-order valence-electron chi connectivity index (χ4n) is 4.10. The zero-order valence-corrected chi connectivity index (χ0v) is 19.2. The molecule has 0 saturated carbocycles. The Morgan fingerprint density at radius 3 is 1.36 bits per heavy atom. The predicted molar refractivity (Wildman–Crippen MR) is 126 cm³/mol. The Labute approximate surface area is 175 Å². The highest BCUT2D eigenvalue weighted by atomic mass is 32.2. The van der Waals surface area contributed by atoms with Crippen LogP contribution in [-0.2, 0) is 12.8 Å². The number of hydrogen-bond acceptors (Lipinski definition) is 4. The minimum Gasteiger partial charge on any atom is -0.372 e. The van der Waals surface area contributed by atoms with Crippen molar-refractivity contribution in [2.24, 2.45) is 0 Å². The topological polar surface area (TPSA) is 18.5 Å². The highest BCUT2D eigenvalue weighted by Gasteiger charge is 2.23. The molecule has 28 heavy (non-hydrogen) atoms. The van der Waals surface area contributed by atoms with Gasteiger partial charge in [-0.2, -0.15) is 0 Å². The van der Waals surface area contributed by atoms with E-state index < -0.39 is 0 Å². The van der Waals surface area contributed by atoms with Crippen LogP contribution in [-0.4, -0.2) is 26.2 Å². The van der Waals surface area contributed by atoms with Crippen molar-refractivity contribution in [1.29, 1.82) is 0 Å². The van der Waals surface area contributed by atoms with Crippen LogP contribution in [0.15, 0.2) is 34.1 Å². The molecule has 4 heteroatoms.